The third kappa shape index (κ3) is 4.06. The van der Waals surface area contributed by atoms with Crippen molar-refractivity contribution in [2.24, 2.45) is 0 Å². The fourth-order valence-electron chi connectivity index (χ4n) is 3.26. The van der Waals surface area contributed by atoms with Gasteiger partial charge in [0.15, 0.2) is 5.69 Å². The summed E-state index contributed by atoms with van der Waals surface area (Å²) >= 11 is 0. The van der Waals surface area contributed by atoms with Crippen LogP contribution in [0.4, 0.5) is 5.69 Å². The predicted octanol–water partition coefficient (Wildman–Crippen LogP) is 4.08. The molecular formula is C22H26N4O2. The number of carbonyl (C=O) groups is 2. The fraction of sp³-hybridized carbons (Fsp3) is 0.318. The summed E-state index contributed by atoms with van der Waals surface area (Å²) in [5.74, 6) is -0.274. The zero-order valence-electron chi connectivity index (χ0n) is 16.8. The molecule has 0 aliphatic rings. The largest absolute Gasteiger partial charge is 0.339 e. The van der Waals surface area contributed by atoms with Gasteiger partial charge in [0.2, 0.25) is 5.82 Å². The Morgan fingerprint density at radius 1 is 1.14 bits per heavy atom. The monoisotopic (exact) mass is 378 g/mol. The molecule has 28 heavy (non-hydrogen) atoms. The molecular weight excluding hydrogens is 352 g/mol. The summed E-state index contributed by atoms with van der Waals surface area (Å²) in [5.41, 5.74) is 3.70. The van der Waals surface area contributed by atoms with Crippen molar-refractivity contribution in [3.8, 4) is 0 Å². The smallest absolute Gasteiger partial charge is 0.289 e. The van der Waals surface area contributed by atoms with E-state index in [1.807, 2.05) is 44.2 Å². The molecule has 2 heterocycles. The summed E-state index contributed by atoms with van der Waals surface area (Å²) in [6, 6.07) is 11.3. The number of hydrogen-bond donors (Lipinski definition) is 1. The molecule has 1 aromatic carbocycles. The summed E-state index contributed by atoms with van der Waals surface area (Å²) in [6.07, 6.45) is 3.69. The van der Waals surface area contributed by atoms with Crippen molar-refractivity contribution in [2.75, 3.05) is 18.9 Å². The first-order valence-electron chi connectivity index (χ1n) is 9.53. The van der Waals surface area contributed by atoms with E-state index in [0.717, 1.165) is 24.0 Å². The molecule has 0 spiro atoms. The SMILES string of the molecule is CCCCN(C)C(=O)c1nc(C(=O)Nc2cc(C)cc(C)c2)c2ccccn12. The first-order valence-corrected chi connectivity index (χ1v) is 9.53. The van der Waals surface area contributed by atoms with Gasteiger partial charge in [0.1, 0.15) is 0 Å². The van der Waals surface area contributed by atoms with Gasteiger partial charge in [-0.25, -0.2) is 4.98 Å². The van der Waals surface area contributed by atoms with Crippen LogP contribution in [0.3, 0.4) is 0 Å². The minimum absolute atomic E-state index is 0.194. The van der Waals surface area contributed by atoms with E-state index in [4.69, 9.17) is 0 Å². The number of fused-ring (bicyclic) bond motifs is 1. The van der Waals surface area contributed by atoms with Crippen LogP contribution in [0.5, 0.6) is 0 Å². The van der Waals surface area contributed by atoms with E-state index < -0.39 is 0 Å². The average Bonchev–Trinajstić information content (AvgIpc) is 3.04. The second-order valence-electron chi connectivity index (χ2n) is 7.15. The van der Waals surface area contributed by atoms with Gasteiger partial charge in [0.05, 0.1) is 5.52 Å². The number of anilines is 1. The Labute approximate surface area is 165 Å². The van der Waals surface area contributed by atoms with E-state index in [0.29, 0.717) is 17.7 Å². The first-order chi connectivity index (χ1) is 13.4. The number of pyridine rings is 1. The molecule has 0 bridgehead atoms. The van der Waals surface area contributed by atoms with Gasteiger partial charge < -0.3 is 10.2 Å². The van der Waals surface area contributed by atoms with Crippen LogP contribution in [-0.2, 0) is 0 Å². The summed E-state index contributed by atoms with van der Waals surface area (Å²) in [5, 5.41) is 2.91. The highest BCUT2D eigenvalue weighted by Crippen LogP contribution is 2.19. The van der Waals surface area contributed by atoms with Gasteiger partial charge >= 0.3 is 0 Å². The second-order valence-corrected chi connectivity index (χ2v) is 7.15. The van der Waals surface area contributed by atoms with E-state index in [9.17, 15) is 9.59 Å². The van der Waals surface area contributed by atoms with Crippen LogP contribution in [0.2, 0.25) is 0 Å². The van der Waals surface area contributed by atoms with Crippen LogP contribution in [0.25, 0.3) is 5.52 Å². The van der Waals surface area contributed by atoms with Crippen LogP contribution in [0.1, 0.15) is 52.0 Å². The zero-order valence-corrected chi connectivity index (χ0v) is 16.8. The zero-order chi connectivity index (χ0) is 20.3. The molecule has 6 heteroatoms. The normalized spacial score (nSPS) is 10.9. The number of nitrogens with zero attached hydrogens (tertiary/aromatic N) is 3. The van der Waals surface area contributed by atoms with Crippen molar-refractivity contribution in [2.45, 2.75) is 33.6 Å². The number of rotatable bonds is 6. The molecule has 2 aromatic heterocycles. The van der Waals surface area contributed by atoms with Crippen LogP contribution < -0.4 is 5.32 Å². The molecule has 146 valence electrons. The Balaban J connectivity index is 1.95. The van der Waals surface area contributed by atoms with Gasteiger partial charge in [-0.15, -0.1) is 0 Å². The van der Waals surface area contributed by atoms with Crippen molar-refractivity contribution < 1.29 is 9.59 Å². The van der Waals surface area contributed by atoms with Gasteiger partial charge in [-0.1, -0.05) is 25.5 Å². The number of carbonyl (C=O) groups excluding carboxylic acids is 2. The summed E-state index contributed by atoms with van der Waals surface area (Å²) in [6.45, 7) is 6.70. The van der Waals surface area contributed by atoms with Gasteiger partial charge in [-0.3, -0.25) is 14.0 Å². The number of aryl methyl sites for hydroxylation is 2. The maximum Gasteiger partial charge on any atom is 0.289 e. The van der Waals surface area contributed by atoms with Gasteiger partial charge in [0.25, 0.3) is 11.8 Å². The molecule has 0 radical (unpaired) electrons. The number of unbranched alkanes of at least 4 members (excludes halogenated alkanes) is 1. The predicted molar refractivity (Wildman–Crippen MR) is 111 cm³/mol. The lowest BCUT2D eigenvalue weighted by Gasteiger charge is -2.15. The minimum atomic E-state index is -0.330. The lowest BCUT2D eigenvalue weighted by molar-refractivity contribution is 0.0780. The molecule has 6 nitrogen and oxygen atoms in total. The van der Waals surface area contributed by atoms with Crippen molar-refractivity contribution in [1.82, 2.24) is 14.3 Å². The molecule has 0 fully saturated rings. The van der Waals surface area contributed by atoms with Gasteiger partial charge in [-0.2, -0.15) is 0 Å². The molecule has 2 amide bonds. The minimum Gasteiger partial charge on any atom is -0.339 e. The quantitative estimate of drug-likeness (QED) is 0.703. The number of imidazole rings is 1. The molecule has 0 aliphatic heterocycles. The third-order valence-corrected chi connectivity index (χ3v) is 4.63. The van der Waals surface area contributed by atoms with E-state index in [1.165, 1.54) is 0 Å². The first kappa shape index (κ1) is 19.6. The van der Waals surface area contributed by atoms with E-state index in [-0.39, 0.29) is 23.3 Å². The lowest BCUT2D eigenvalue weighted by atomic mass is 10.1. The van der Waals surface area contributed by atoms with Gasteiger partial charge in [0, 0.05) is 25.5 Å². The highest BCUT2D eigenvalue weighted by atomic mass is 16.2. The Kier molecular flexibility index (Phi) is 5.78. The topological polar surface area (TPSA) is 66.7 Å². The Hall–Kier alpha value is -3.15. The van der Waals surface area contributed by atoms with Crippen molar-refractivity contribution in [3.63, 3.8) is 0 Å². The van der Waals surface area contributed by atoms with Gasteiger partial charge in [-0.05, 0) is 55.7 Å². The summed E-state index contributed by atoms with van der Waals surface area (Å²) in [4.78, 5) is 31.8. The number of benzene rings is 1. The van der Waals surface area contributed by atoms with Crippen LogP contribution in [0.15, 0.2) is 42.6 Å². The van der Waals surface area contributed by atoms with E-state index in [1.54, 1.807) is 28.6 Å². The molecule has 3 rings (SSSR count). The molecule has 0 unspecified atom stereocenters. The number of aromatic nitrogens is 2. The highest BCUT2D eigenvalue weighted by Gasteiger charge is 2.23. The molecule has 0 saturated carbocycles. The van der Waals surface area contributed by atoms with E-state index >= 15 is 0 Å². The molecule has 0 saturated heterocycles. The van der Waals surface area contributed by atoms with Crippen LogP contribution in [-0.4, -0.2) is 39.7 Å². The van der Waals surface area contributed by atoms with Crippen LogP contribution in [0, 0.1) is 13.8 Å². The van der Waals surface area contributed by atoms with Crippen molar-refractivity contribution in [1.29, 1.82) is 0 Å². The Bertz CT molecular complexity index is 1000. The molecule has 1 N–H and O–H groups in total. The van der Waals surface area contributed by atoms with Crippen LogP contribution >= 0.6 is 0 Å². The number of nitrogens with one attached hydrogen (secondary N) is 1. The number of hydrogen-bond acceptors (Lipinski definition) is 3. The molecule has 3 aromatic rings. The fourth-order valence-corrected chi connectivity index (χ4v) is 3.26. The average molecular weight is 378 g/mol. The molecule has 0 atom stereocenters. The lowest BCUT2D eigenvalue weighted by Crippen LogP contribution is -2.29. The van der Waals surface area contributed by atoms with Crippen molar-refractivity contribution in [3.05, 3.63) is 65.2 Å². The second kappa shape index (κ2) is 8.25. The Morgan fingerprint density at radius 3 is 2.54 bits per heavy atom. The maximum atomic E-state index is 12.9. The third-order valence-electron chi connectivity index (χ3n) is 4.63. The maximum absolute atomic E-state index is 12.9. The highest BCUT2D eigenvalue weighted by molar-refractivity contribution is 6.09. The number of amides is 2. The van der Waals surface area contributed by atoms with E-state index in [2.05, 4.69) is 17.2 Å². The molecule has 0 aliphatic carbocycles. The van der Waals surface area contributed by atoms with Crippen molar-refractivity contribution >= 4 is 23.0 Å². The Morgan fingerprint density at radius 2 is 1.86 bits per heavy atom. The standard InChI is InChI=1S/C22H26N4O2/c1-5-6-10-25(4)22(28)20-24-19(18-9-7-8-11-26(18)20)21(27)23-17-13-15(2)12-16(3)14-17/h7-9,11-14H,5-6,10H2,1-4H3,(H,23,27). The summed E-state index contributed by atoms with van der Waals surface area (Å²) in [7, 11) is 1.76. The summed E-state index contributed by atoms with van der Waals surface area (Å²) < 4.78 is 1.68.